The summed E-state index contributed by atoms with van der Waals surface area (Å²) >= 11 is 0. The maximum absolute atomic E-state index is 12.1. The molecule has 9 nitrogen and oxygen atoms in total. The van der Waals surface area contributed by atoms with E-state index >= 15 is 0 Å². The third kappa shape index (κ3) is 6.50. The molecule has 0 aliphatic heterocycles. The first kappa shape index (κ1) is 21.7. The average Bonchev–Trinajstić information content (AvgIpc) is 3.06. The predicted molar refractivity (Wildman–Crippen MR) is 110 cm³/mol. The van der Waals surface area contributed by atoms with E-state index < -0.39 is 0 Å². The van der Waals surface area contributed by atoms with Gasteiger partial charge in [-0.1, -0.05) is 6.07 Å². The first-order valence-corrected chi connectivity index (χ1v) is 7.83. The Labute approximate surface area is 169 Å². The van der Waals surface area contributed by atoms with Gasteiger partial charge < -0.3 is 20.7 Å². The zero-order valence-electron chi connectivity index (χ0n) is 15.0. The number of guanidine groups is 1. The highest BCUT2D eigenvalue weighted by Crippen LogP contribution is 2.12. The van der Waals surface area contributed by atoms with E-state index in [1.807, 2.05) is 7.05 Å². The number of amides is 1. The standard InChI is InChI=1S/C16H23N7O2.HI/c1-17-16(20-10-14-21-11-22-23(14)2)19-8-7-18-15(24)12-5-4-6-13(9-12)25-3;/h4-6,9,11H,7-8,10H2,1-3H3,(H,18,24)(H2,17,19,20);1H. The van der Waals surface area contributed by atoms with Gasteiger partial charge in [0, 0.05) is 32.7 Å². The maximum atomic E-state index is 12.1. The fourth-order valence-electron chi connectivity index (χ4n) is 2.09. The number of aromatic nitrogens is 3. The van der Waals surface area contributed by atoms with E-state index in [2.05, 4.69) is 31.0 Å². The number of rotatable bonds is 7. The lowest BCUT2D eigenvalue weighted by Crippen LogP contribution is -2.41. The molecule has 10 heteroatoms. The number of methoxy groups -OCH3 is 1. The summed E-state index contributed by atoms with van der Waals surface area (Å²) in [5.74, 6) is 1.93. The van der Waals surface area contributed by atoms with Crippen LogP contribution in [0, 0.1) is 0 Å². The van der Waals surface area contributed by atoms with Crippen molar-refractivity contribution in [1.29, 1.82) is 0 Å². The van der Waals surface area contributed by atoms with Gasteiger partial charge in [-0.25, -0.2) is 4.98 Å². The number of ether oxygens (including phenoxy) is 1. The fourth-order valence-corrected chi connectivity index (χ4v) is 2.09. The van der Waals surface area contributed by atoms with Crippen molar-refractivity contribution in [1.82, 2.24) is 30.7 Å². The molecule has 0 aliphatic rings. The van der Waals surface area contributed by atoms with Crippen molar-refractivity contribution in [3.63, 3.8) is 0 Å². The number of halogens is 1. The summed E-state index contributed by atoms with van der Waals surface area (Å²) in [6, 6.07) is 7.02. The molecule has 0 saturated heterocycles. The van der Waals surface area contributed by atoms with Crippen LogP contribution in [-0.2, 0) is 13.6 Å². The number of carbonyl (C=O) groups is 1. The van der Waals surface area contributed by atoms with Gasteiger partial charge in [0.05, 0.1) is 13.7 Å². The smallest absolute Gasteiger partial charge is 0.251 e. The summed E-state index contributed by atoms with van der Waals surface area (Å²) in [6.45, 7) is 1.50. The number of hydrogen-bond donors (Lipinski definition) is 3. The highest BCUT2D eigenvalue weighted by Gasteiger charge is 2.06. The van der Waals surface area contributed by atoms with Crippen LogP contribution in [0.25, 0.3) is 0 Å². The number of nitrogens with one attached hydrogen (secondary N) is 3. The largest absolute Gasteiger partial charge is 0.497 e. The molecule has 0 aliphatic carbocycles. The van der Waals surface area contributed by atoms with Crippen LogP contribution in [-0.4, -0.2) is 53.9 Å². The first-order valence-electron chi connectivity index (χ1n) is 7.83. The van der Waals surface area contributed by atoms with Crippen LogP contribution in [0.4, 0.5) is 0 Å². The fraction of sp³-hybridized carbons (Fsp3) is 0.375. The van der Waals surface area contributed by atoms with Crippen molar-refractivity contribution >= 4 is 35.8 Å². The van der Waals surface area contributed by atoms with Gasteiger partial charge in [-0.3, -0.25) is 14.5 Å². The Morgan fingerprint density at radius 3 is 2.69 bits per heavy atom. The van der Waals surface area contributed by atoms with Crippen molar-refractivity contribution in [3.8, 4) is 5.75 Å². The molecule has 142 valence electrons. The quantitative estimate of drug-likeness (QED) is 0.235. The van der Waals surface area contributed by atoms with Crippen molar-refractivity contribution in [3.05, 3.63) is 42.0 Å². The Hall–Kier alpha value is -2.37. The Bertz CT molecular complexity index is 733. The molecule has 0 fully saturated rings. The minimum Gasteiger partial charge on any atom is -0.497 e. The maximum Gasteiger partial charge on any atom is 0.251 e. The van der Waals surface area contributed by atoms with Crippen LogP contribution < -0.4 is 20.7 Å². The van der Waals surface area contributed by atoms with E-state index in [-0.39, 0.29) is 29.9 Å². The van der Waals surface area contributed by atoms with Crippen LogP contribution in [0.5, 0.6) is 5.75 Å². The van der Waals surface area contributed by atoms with Crippen LogP contribution in [0.3, 0.4) is 0 Å². The second-order valence-corrected chi connectivity index (χ2v) is 5.14. The molecule has 0 saturated carbocycles. The topological polar surface area (TPSA) is 105 Å². The molecule has 1 amide bonds. The molecule has 3 N–H and O–H groups in total. The Kier molecular flexibility index (Phi) is 9.41. The van der Waals surface area contributed by atoms with Gasteiger partial charge in [-0.2, -0.15) is 5.10 Å². The number of aryl methyl sites for hydroxylation is 1. The summed E-state index contributed by atoms with van der Waals surface area (Å²) in [6.07, 6.45) is 1.50. The second-order valence-electron chi connectivity index (χ2n) is 5.14. The third-order valence-corrected chi connectivity index (χ3v) is 3.48. The monoisotopic (exact) mass is 473 g/mol. The molecule has 0 radical (unpaired) electrons. The van der Waals surface area contributed by atoms with Crippen LogP contribution in [0.2, 0.25) is 0 Å². The number of hydrogen-bond acceptors (Lipinski definition) is 5. The molecular weight excluding hydrogens is 449 g/mol. The van der Waals surface area contributed by atoms with E-state index in [1.165, 1.54) is 6.33 Å². The van der Waals surface area contributed by atoms with Gasteiger partial charge in [0.1, 0.15) is 17.9 Å². The van der Waals surface area contributed by atoms with E-state index in [0.717, 1.165) is 5.82 Å². The summed E-state index contributed by atoms with van der Waals surface area (Å²) in [5.41, 5.74) is 0.559. The molecule has 0 atom stereocenters. The van der Waals surface area contributed by atoms with E-state index in [1.54, 1.807) is 43.1 Å². The molecular formula is C16H24IN7O2. The normalized spacial score (nSPS) is 10.7. The number of nitrogens with zero attached hydrogens (tertiary/aromatic N) is 4. The molecule has 2 rings (SSSR count). The summed E-state index contributed by atoms with van der Waals surface area (Å²) < 4.78 is 6.80. The van der Waals surface area contributed by atoms with E-state index in [4.69, 9.17) is 4.74 Å². The lowest BCUT2D eigenvalue weighted by molar-refractivity contribution is 0.0954. The average molecular weight is 473 g/mol. The van der Waals surface area contributed by atoms with E-state index in [9.17, 15) is 4.79 Å². The summed E-state index contributed by atoms with van der Waals surface area (Å²) in [5, 5.41) is 13.1. The Morgan fingerprint density at radius 2 is 2.04 bits per heavy atom. The zero-order chi connectivity index (χ0) is 18.1. The lowest BCUT2D eigenvalue weighted by atomic mass is 10.2. The molecule has 26 heavy (non-hydrogen) atoms. The van der Waals surface area contributed by atoms with Crippen molar-refractivity contribution < 1.29 is 9.53 Å². The number of carbonyl (C=O) groups excluding carboxylic acids is 1. The van der Waals surface area contributed by atoms with Gasteiger partial charge in [-0.15, -0.1) is 24.0 Å². The third-order valence-electron chi connectivity index (χ3n) is 3.48. The zero-order valence-corrected chi connectivity index (χ0v) is 17.4. The van der Waals surface area contributed by atoms with Gasteiger partial charge in [0.15, 0.2) is 5.96 Å². The number of benzene rings is 1. The molecule has 2 aromatic rings. The van der Waals surface area contributed by atoms with Gasteiger partial charge in [-0.05, 0) is 18.2 Å². The van der Waals surface area contributed by atoms with E-state index in [0.29, 0.717) is 36.9 Å². The van der Waals surface area contributed by atoms with Crippen molar-refractivity contribution in [2.45, 2.75) is 6.54 Å². The molecule has 0 spiro atoms. The van der Waals surface area contributed by atoms with Crippen LogP contribution >= 0.6 is 24.0 Å². The van der Waals surface area contributed by atoms with Gasteiger partial charge in [0.2, 0.25) is 0 Å². The highest BCUT2D eigenvalue weighted by molar-refractivity contribution is 14.0. The molecule has 0 bridgehead atoms. The molecule has 1 heterocycles. The number of aliphatic imine (C=N–C) groups is 1. The first-order chi connectivity index (χ1) is 12.1. The van der Waals surface area contributed by atoms with Crippen LogP contribution in [0.1, 0.15) is 16.2 Å². The summed E-state index contributed by atoms with van der Waals surface area (Å²) in [4.78, 5) is 20.3. The minimum absolute atomic E-state index is 0. The summed E-state index contributed by atoms with van der Waals surface area (Å²) in [7, 11) is 5.08. The van der Waals surface area contributed by atoms with Crippen LogP contribution in [0.15, 0.2) is 35.6 Å². The predicted octanol–water partition coefficient (Wildman–Crippen LogP) is 0.537. The van der Waals surface area contributed by atoms with Crippen molar-refractivity contribution in [2.24, 2.45) is 12.0 Å². The lowest BCUT2D eigenvalue weighted by Gasteiger charge is -2.12. The second kappa shape index (κ2) is 11.3. The minimum atomic E-state index is -0.150. The van der Waals surface area contributed by atoms with Gasteiger partial charge >= 0.3 is 0 Å². The Morgan fingerprint density at radius 1 is 1.27 bits per heavy atom. The SMILES string of the molecule is CN=C(NCCNC(=O)c1cccc(OC)c1)NCc1ncnn1C.I. The van der Waals surface area contributed by atoms with Gasteiger partial charge in [0.25, 0.3) is 5.91 Å². The molecule has 0 unspecified atom stereocenters. The Balaban J connectivity index is 0.00000338. The highest BCUT2D eigenvalue weighted by atomic mass is 127. The molecule has 1 aromatic heterocycles. The molecule has 1 aromatic carbocycles. The van der Waals surface area contributed by atoms with Crippen molar-refractivity contribution in [2.75, 3.05) is 27.2 Å².